The lowest BCUT2D eigenvalue weighted by atomic mass is 10.3. The zero-order valence-electron chi connectivity index (χ0n) is 9.76. The van der Waals surface area contributed by atoms with Gasteiger partial charge in [0.15, 0.2) is 11.9 Å². The van der Waals surface area contributed by atoms with E-state index in [1.807, 2.05) is 38.1 Å². The highest BCUT2D eigenvalue weighted by Crippen LogP contribution is 2.10. The maximum atomic E-state index is 7.65. The summed E-state index contributed by atoms with van der Waals surface area (Å²) in [6, 6.07) is 7.84. The molecule has 0 aliphatic carbocycles. The zero-order valence-corrected chi connectivity index (χ0v) is 11.9. The van der Waals surface area contributed by atoms with Crippen molar-refractivity contribution in [1.82, 2.24) is 10.6 Å². The van der Waals surface area contributed by atoms with Crippen LogP contribution in [0.25, 0.3) is 0 Å². The Morgan fingerprint density at radius 2 is 1.71 bits per heavy atom. The van der Waals surface area contributed by atoms with Crippen LogP contribution < -0.4 is 16.0 Å². The summed E-state index contributed by atoms with van der Waals surface area (Å²) in [6.07, 6.45) is 0. The summed E-state index contributed by atoms with van der Waals surface area (Å²) >= 11 is 2.22. The van der Waals surface area contributed by atoms with Crippen molar-refractivity contribution in [1.29, 1.82) is 10.8 Å². The topological polar surface area (TPSA) is 83.8 Å². The zero-order chi connectivity index (χ0) is 12.8. The minimum absolute atomic E-state index is 0.0735. The number of nitrogens with one attached hydrogen (secondary N) is 5. The molecule has 0 heterocycles. The maximum absolute atomic E-state index is 7.65. The SMILES string of the molecule is CC(C)NC(=N)NC(=N)Nc1ccc(I)cc1. The van der Waals surface area contributed by atoms with Gasteiger partial charge in [-0.15, -0.1) is 0 Å². The van der Waals surface area contributed by atoms with Gasteiger partial charge < -0.3 is 10.6 Å². The number of hydrogen-bond acceptors (Lipinski definition) is 2. The third-order valence-electron chi connectivity index (χ3n) is 1.80. The van der Waals surface area contributed by atoms with E-state index in [2.05, 4.69) is 38.5 Å². The number of benzene rings is 1. The Kier molecular flexibility index (Phi) is 5.20. The molecule has 0 atom stereocenters. The summed E-state index contributed by atoms with van der Waals surface area (Å²) in [4.78, 5) is 0. The number of anilines is 1. The van der Waals surface area contributed by atoms with Gasteiger partial charge in [-0.1, -0.05) is 0 Å². The van der Waals surface area contributed by atoms with Crippen LogP contribution in [0, 0.1) is 14.4 Å². The molecule has 0 fully saturated rings. The van der Waals surface area contributed by atoms with Crippen molar-refractivity contribution in [3.05, 3.63) is 27.8 Å². The van der Waals surface area contributed by atoms with Gasteiger partial charge in [0.05, 0.1) is 0 Å². The quantitative estimate of drug-likeness (QED) is 0.324. The average molecular weight is 345 g/mol. The lowest BCUT2D eigenvalue weighted by Gasteiger charge is -2.14. The van der Waals surface area contributed by atoms with Crippen LogP contribution in [0.4, 0.5) is 5.69 Å². The van der Waals surface area contributed by atoms with E-state index in [1.54, 1.807) is 0 Å². The first-order chi connectivity index (χ1) is 7.97. The molecule has 0 saturated heterocycles. The summed E-state index contributed by atoms with van der Waals surface area (Å²) < 4.78 is 1.14. The fourth-order valence-electron chi connectivity index (χ4n) is 1.16. The highest BCUT2D eigenvalue weighted by Gasteiger charge is 2.02. The second-order valence-electron chi connectivity index (χ2n) is 3.81. The van der Waals surface area contributed by atoms with Crippen LogP contribution in [0.15, 0.2) is 24.3 Å². The molecule has 0 bridgehead atoms. The molecule has 0 aromatic heterocycles. The van der Waals surface area contributed by atoms with Gasteiger partial charge in [-0.05, 0) is 60.7 Å². The third-order valence-corrected chi connectivity index (χ3v) is 2.52. The van der Waals surface area contributed by atoms with Crippen LogP contribution in [-0.4, -0.2) is 18.0 Å². The molecule has 0 radical (unpaired) electrons. The molecule has 5 nitrogen and oxygen atoms in total. The second kappa shape index (κ2) is 6.43. The van der Waals surface area contributed by atoms with Crippen molar-refractivity contribution in [2.24, 2.45) is 0 Å². The van der Waals surface area contributed by atoms with E-state index < -0.39 is 0 Å². The Hall–Kier alpha value is -1.31. The minimum Gasteiger partial charge on any atom is -0.354 e. The molecular weight excluding hydrogens is 329 g/mol. The number of halogens is 1. The van der Waals surface area contributed by atoms with Gasteiger partial charge in [-0.25, -0.2) is 0 Å². The van der Waals surface area contributed by atoms with Crippen LogP contribution in [0.5, 0.6) is 0 Å². The van der Waals surface area contributed by atoms with Crippen LogP contribution in [-0.2, 0) is 0 Å². The fraction of sp³-hybridized carbons (Fsp3) is 0.273. The van der Waals surface area contributed by atoms with Crippen molar-refractivity contribution >= 4 is 40.2 Å². The van der Waals surface area contributed by atoms with E-state index in [1.165, 1.54) is 0 Å². The smallest absolute Gasteiger partial charge is 0.199 e. The molecule has 5 N–H and O–H groups in total. The first kappa shape index (κ1) is 13.8. The van der Waals surface area contributed by atoms with E-state index in [9.17, 15) is 0 Å². The Morgan fingerprint density at radius 3 is 2.24 bits per heavy atom. The average Bonchev–Trinajstić information content (AvgIpc) is 2.19. The number of guanidine groups is 2. The Labute approximate surface area is 115 Å². The fourth-order valence-corrected chi connectivity index (χ4v) is 1.52. The van der Waals surface area contributed by atoms with Gasteiger partial charge in [0.25, 0.3) is 0 Å². The van der Waals surface area contributed by atoms with Gasteiger partial charge >= 0.3 is 0 Å². The van der Waals surface area contributed by atoms with E-state index in [0.717, 1.165) is 9.26 Å². The lowest BCUT2D eigenvalue weighted by Crippen LogP contribution is -2.45. The molecule has 0 aliphatic rings. The van der Waals surface area contributed by atoms with Crippen molar-refractivity contribution in [2.45, 2.75) is 19.9 Å². The van der Waals surface area contributed by atoms with Crippen LogP contribution in [0.1, 0.15) is 13.8 Å². The van der Waals surface area contributed by atoms with Crippen molar-refractivity contribution in [3.63, 3.8) is 0 Å². The van der Waals surface area contributed by atoms with Crippen molar-refractivity contribution in [2.75, 3.05) is 5.32 Å². The van der Waals surface area contributed by atoms with Crippen LogP contribution >= 0.6 is 22.6 Å². The van der Waals surface area contributed by atoms with Gasteiger partial charge in [0, 0.05) is 15.3 Å². The third kappa shape index (κ3) is 5.53. The van der Waals surface area contributed by atoms with E-state index in [-0.39, 0.29) is 18.0 Å². The molecule has 0 amide bonds. The molecule has 0 unspecified atom stereocenters. The molecule has 0 saturated carbocycles. The molecular formula is C11H16IN5. The molecule has 1 aromatic carbocycles. The van der Waals surface area contributed by atoms with Crippen molar-refractivity contribution < 1.29 is 0 Å². The largest absolute Gasteiger partial charge is 0.354 e. The normalized spacial score (nSPS) is 9.88. The first-order valence-electron chi connectivity index (χ1n) is 5.20. The summed E-state index contributed by atoms with van der Waals surface area (Å²) in [5, 5.41) is 23.5. The highest BCUT2D eigenvalue weighted by molar-refractivity contribution is 14.1. The summed E-state index contributed by atoms with van der Waals surface area (Å²) in [7, 11) is 0. The van der Waals surface area contributed by atoms with Gasteiger partial charge in [0.1, 0.15) is 0 Å². The Morgan fingerprint density at radius 1 is 1.12 bits per heavy atom. The van der Waals surface area contributed by atoms with Gasteiger partial charge in [0.2, 0.25) is 0 Å². The van der Waals surface area contributed by atoms with Crippen molar-refractivity contribution in [3.8, 4) is 0 Å². The molecule has 1 rings (SSSR count). The molecule has 92 valence electrons. The summed E-state index contributed by atoms with van der Waals surface area (Å²) in [5.74, 6) is 0.187. The molecule has 0 aliphatic heterocycles. The maximum Gasteiger partial charge on any atom is 0.199 e. The van der Waals surface area contributed by atoms with Crippen LogP contribution in [0.3, 0.4) is 0 Å². The lowest BCUT2D eigenvalue weighted by molar-refractivity contribution is 0.718. The Balaban J connectivity index is 2.44. The standard InChI is InChI=1S/C11H16IN5/c1-7(2)15-10(13)17-11(14)16-9-5-3-8(12)4-6-9/h3-7H,1-2H3,(H5,13,14,15,16,17). The summed E-state index contributed by atoms with van der Waals surface area (Å²) in [5.41, 5.74) is 0.820. The molecule has 0 spiro atoms. The molecule has 1 aromatic rings. The van der Waals surface area contributed by atoms with E-state index >= 15 is 0 Å². The predicted octanol–water partition coefficient (Wildman–Crippen LogP) is 2.16. The Bertz CT molecular complexity index is 399. The van der Waals surface area contributed by atoms with E-state index in [4.69, 9.17) is 10.8 Å². The number of hydrogen-bond donors (Lipinski definition) is 5. The molecule has 17 heavy (non-hydrogen) atoms. The highest BCUT2D eigenvalue weighted by atomic mass is 127. The monoisotopic (exact) mass is 345 g/mol. The van der Waals surface area contributed by atoms with Crippen LogP contribution in [0.2, 0.25) is 0 Å². The van der Waals surface area contributed by atoms with E-state index in [0.29, 0.717) is 0 Å². The first-order valence-corrected chi connectivity index (χ1v) is 6.28. The minimum atomic E-state index is 0.0735. The number of rotatable bonds is 2. The van der Waals surface area contributed by atoms with Gasteiger partial charge in [-0.2, -0.15) is 0 Å². The second-order valence-corrected chi connectivity index (χ2v) is 5.05. The predicted molar refractivity (Wildman–Crippen MR) is 79.6 cm³/mol. The van der Waals surface area contributed by atoms with Gasteiger partial charge in [-0.3, -0.25) is 16.1 Å². The molecule has 6 heteroatoms. The summed E-state index contributed by atoms with van der Waals surface area (Å²) in [6.45, 7) is 3.87.